The molecule has 0 bridgehead atoms. The number of carbonyl (C=O) groups is 1. The molecular weight excluding hydrogens is 248 g/mol. The third-order valence-corrected chi connectivity index (χ3v) is 3.99. The van der Waals surface area contributed by atoms with Gasteiger partial charge in [0.05, 0.1) is 20.6 Å². The summed E-state index contributed by atoms with van der Waals surface area (Å²) in [5.41, 5.74) is 1.22. The number of esters is 1. The van der Waals surface area contributed by atoms with Crippen LogP contribution in [0.25, 0.3) is 0 Å². The monoisotopic (exact) mass is 268 g/mol. The first-order valence-corrected chi connectivity index (χ1v) is 6.79. The zero-order chi connectivity index (χ0) is 13.6. The zero-order valence-electron chi connectivity index (χ0n) is 11.4. The Bertz CT molecular complexity index is 385. The summed E-state index contributed by atoms with van der Waals surface area (Å²) in [6, 6.07) is 7.98. The van der Waals surface area contributed by atoms with Crippen molar-refractivity contribution in [2.75, 3.05) is 14.2 Å². The highest BCUT2D eigenvalue weighted by Gasteiger charge is 2.22. The minimum Gasteiger partial charge on any atom is -0.497 e. The van der Waals surface area contributed by atoms with Gasteiger partial charge in [-0.2, -0.15) is 11.8 Å². The van der Waals surface area contributed by atoms with E-state index in [4.69, 9.17) is 9.47 Å². The molecule has 0 N–H and O–H groups in total. The fourth-order valence-corrected chi connectivity index (χ4v) is 2.44. The molecule has 0 aliphatic carbocycles. The molecule has 0 heterocycles. The van der Waals surface area contributed by atoms with Gasteiger partial charge in [-0.25, -0.2) is 0 Å². The largest absolute Gasteiger partial charge is 0.497 e. The average molecular weight is 268 g/mol. The highest BCUT2D eigenvalue weighted by molar-refractivity contribution is 7.99. The molecule has 100 valence electrons. The van der Waals surface area contributed by atoms with Crippen molar-refractivity contribution in [2.45, 2.75) is 30.8 Å². The smallest absolute Gasteiger partial charge is 0.306 e. The van der Waals surface area contributed by atoms with Crippen LogP contribution < -0.4 is 4.74 Å². The number of carbonyl (C=O) groups excluding carboxylic acids is 1. The Morgan fingerprint density at radius 1 is 1.22 bits per heavy atom. The van der Waals surface area contributed by atoms with Crippen molar-refractivity contribution in [3.63, 3.8) is 0 Å². The summed E-state index contributed by atoms with van der Waals surface area (Å²) in [5, 5.41) is 0. The average Bonchev–Trinajstić information content (AvgIpc) is 2.36. The molecule has 0 atom stereocenters. The third-order valence-electron chi connectivity index (χ3n) is 2.59. The molecular formula is C14H20O3S. The van der Waals surface area contributed by atoms with E-state index in [2.05, 4.69) is 13.8 Å². The summed E-state index contributed by atoms with van der Waals surface area (Å²) >= 11 is 1.75. The zero-order valence-corrected chi connectivity index (χ0v) is 12.2. The number of hydrogen-bond donors (Lipinski definition) is 0. The quantitative estimate of drug-likeness (QED) is 0.742. The van der Waals surface area contributed by atoms with E-state index in [9.17, 15) is 4.79 Å². The molecule has 0 saturated heterocycles. The summed E-state index contributed by atoms with van der Waals surface area (Å²) in [6.45, 7) is 4.11. The van der Waals surface area contributed by atoms with Gasteiger partial charge in [-0.15, -0.1) is 0 Å². The van der Waals surface area contributed by atoms with Gasteiger partial charge in [0, 0.05) is 10.5 Å². The standard InChI is InChI=1S/C14H20O3S/c1-14(2,9-13(15)17-4)18-10-11-5-7-12(16-3)8-6-11/h5-8H,9-10H2,1-4H3. The first-order chi connectivity index (χ1) is 8.46. The fraction of sp³-hybridized carbons (Fsp3) is 0.500. The van der Waals surface area contributed by atoms with E-state index in [1.807, 2.05) is 24.3 Å². The number of rotatable bonds is 6. The molecule has 0 saturated carbocycles. The third kappa shape index (κ3) is 5.00. The molecule has 0 unspecified atom stereocenters. The maximum Gasteiger partial charge on any atom is 0.306 e. The molecule has 3 nitrogen and oxygen atoms in total. The van der Waals surface area contributed by atoms with Crippen LogP contribution in [0.3, 0.4) is 0 Å². The van der Waals surface area contributed by atoms with Crippen LogP contribution >= 0.6 is 11.8 Å². The maximum absolute atomic E-state index is 11.3. The molecule has 0 aliphatic rings. The molecule has 0 aromatic heterocycles. The van der Waals surface area contributed by atoms with E-state index in [1.54, 1.807) is 18.9 Å². The lowest BCUT2D eigenvalue weighted by molar-refractivity contribution is -0.141. The lowest BCUT2D eigenvalue weighted by Gasteiger charge is -2.22. The number of thioether (sulfide) groups is 1. The first-order valence-electron chi connectivity index (χ1n) is 5.80. The second-order valence-corrected chi connectivity index (χ2v) is 6.33. The molecule has 0 aliphatic heterocycles. The van der Waals surface area contributed by atoms with Gasteiger partial charge in [0.15, 0.2) is 0 Å². The minimum absolute atomic E-state index is 0.118. The van der Waals surface area contributed by atoms with Crippen molar-refractivity contribution < 1.29 is 14.3 Å². The summed E-state index contributed by atoms with van der Waals surface area (Å²) in [7, 11) is 3.08. The summed E-state index contributed by atoms with van der Waals surface area (Å²) in [5.74, 6) is 1.56. The predicted octanol–water partition coefficient (Wildman–Crippen LogP) is 3.27. The van der Waals surface area contributed by atoms with Gasteiger partial charge in [-0.05, 0) is 17.7 Å². The topological polar surface area (TPSA) is 35.5 Å². The summed E-state index contributed by atoms with van der Waals surface area (Å²) in [6.07, 6.45) is 0.421. The minimum atomic E-state index is -0.165. The SMILES string of the molecule is COC(=O)CC(C)(C)SCc1ccc(OC)cc1. The van der Waals surface area contributed by atoms with Gasteiger partial charge in [0.1, 0.15) is 5.75 Å². The van der Waals surface area contributed by atoms with E-state index in [0.717, 1.165) is 11.5 Å². The molecule has 1 rings (SSSR count). The van der Waals surface area contributed by atoms with E-state index in [0.29, 0.717) is 6.42 Å². The molecule has 1 aromatic rings. The van der Waals surface area contributed by atoms with Crippen LogP contribution in [0.5, 0.6) is 5.75 Å². The van der Waals surface area contributed by atoms with E-state index in [-0.39, 0.29) is 10.7 Å². The van der Waals surface area contributed by atoms with Crippen molar-refractivity contribution in [1.82, 2.24) is 0 Å². The van der Waals surface area contributed by atoms with Crippen molar-refractivity contribution >= 4 is 17.7 Å². The number of hydrogen-bond acceptors (Lipinski definition) is 4. The Hall–Kier alpha value is -1.16. The van der Waals surface area contributed by atoms with Crippen molar-refractivity contribution in [3.8, 4) is 5.75 Å². The molecule has 0 fully saturated rings. The molecule has 0 spiro atoms. The Kier molecular flexibility index (Phi) is 5.54. The van der Waals surface area contributed by atoms with Crippen molar-refractivity contribution in [2.24, 2.45) is 0 Å². The second kappa shape index (κ2) is 6.69. The van der Waals surface area contributed by atoms with Crippen molar-refractivity contribution in [1.29, 1.82) is 0 Å². The lowest BCUT2D eigenvalue weighted by atomic mass is 10.1. The van der Waals surface area contributed by atoms with Gasteiger partial charge >= 0.3 is 5.97 Å². The number of benzene rings is 1. The first kappa shape index (κ1) is 14.9. The van der Waals surface area contributed by atoms with Crippen LogP contribution in [-0.2, 0) is 15.3 Å². The Balaban J connectivity index is 2.50. The van der Waals surface area contributed by atoms with Gasteiger partial charge in [-0.1, -0.05) is 26.0 Å². The molecule has 18 heavy (non-hydrogen) atoms. The van der Waals surface area contributed by atoms with Gasteiger partial charge in [0.25, 0.3) is 0 Å². The highest BCUT2D eigenvalue weighted by atomic mass is 32.2. The Morgan fingerprint density at radius 2 is 1.83 bits per heavy atom. The van der Waals surface area contributed by atoms with E-state index >= 15 is 0 Å². The highest BCUT2D eigenvalue weighted by Crippen LogP contribution is 2.31. The normalized spacial score (nSPS) is 11.1. The van der Waals surface area contributed by atoms with Crippen LogP contribution in [0.1, 0.15) is 25.8 Å². The maximum atomic E-state index is 11.3. The molecule has 0 amide bonds. The Labute approximate surface area is 113 Å². The lowest BCUT2D eigenvalue weighted by Crippen LogP contribution is -2.21. The van der Waals surface area contributed by atoms with E-state index < -0.39 is 0 Å². The number of methoxy groups -OCH3 is 2. The second-order valence-electron chi connectivity index (χ2n) is 4.65. The van der Waals surface area contributed by atoms with Gasteiger partial charge < -0.3 is 9.47 Å². The number of ether oxygens (including phenoxy) is 2. The predicted molar refractivity (Wildman–Crippen MR) is 75.0 cm³/mol. The van der Waals surface area contributed by atoms with Crippen molar-refractivity contribution in [3.05, 3.63) is 29.8 Å². The fourth-order valence-electron chi connectivity index (χ4n) is 1.47. The van der Waals surface area contributed by atoms with Crippen LogP contribution in [0.2, 0.25) is 0 Å². The van der Waals surface area contributed by atoms with E-state index in [1.165, 1.54) is 12.7 Å². The van der Waals surface area contributed by atoms with Gasteiger partial charge in [-0.3, -0.25) is 4.79 Å². The van der Waals surface area contributed by atoms with Crippen LogP contribution in [0.15, 0.2) is 24.3 Å². The van der Waals surface area contributed by atoms with Crippen LogP contribution in [-0.4, -0.2) is 24.9 Å². The molecule has 1 aromatic carbocycles. The Morgan fingerprint density at radius 3 is 2.33 bits per heavy atom. The summed E-state index contributed by atoms with van der Waals surface area (Å²) in [4.78, 5) is 11.3. The van der Waals surface area contributed by atoms with Crippen LogP contribution in [0.4, 0.5) is 0 Å². The van der Waals surface area contributed by atoms with Gasteiger partial charge in [0.2, 0.25) is 0 Å². The molecule has 0 radical (unpaired) electrons. The summed E-state index contributed by atoms with van der Waals surface area (Å²) < 4.78 is 9.70. The van der Waals surface area contributed by atoms with Crippen LogP contribution in [0, 0.1) is 0 Å². The molecule has 4 heteroatoms.